The number of carbonyl (C=O) groups is 2. The van der Waals surface area contributed by atoms with Crippen molar-refractivity contribution in [3.05, 3.63) is 58.0 Å². The molecule has 0 saturated carbocycles. The quantitative estimate of drug-likeness (QED) is 0.754. The maximum absolute atomic E-state index is 11.7. The van der Waals surface area contributed by atoms with E-state index in [1.807, 2.05) is 6.07 Å². The Kier molecular flexibility index (Phi) is 6.43. The Morgan fingerprint density at radius 3 is 2.48 bits per heavy atom. The molecule has 0 atom stereocenters. The molecule has 2 aromatic carbocycles. The second-order valence-electron chi connectivity index (χ2n) is 4.41. The Morgan fingerprint density at radius 2 is 1.74 bits per heavy atom. The van der Waals surface area contributed by atoms with Crippen LogP contribution >= 0.6 is 27.5 Å². The van der Waals surface area contributed by atoms with E-state index in [0.29, 0.717) is 16.5 Å². The van der Waals surface area contributed by atoms with E-state index in [1.54, 1.807) is 42.5 Å². The van der Waals surface area contributed by atoms with Gasteiger partial charge in [-0.3, -0.25) is 4.79 Å². The number of hydrogen-bond donors (Lipinski definition) is 1. The predicted octanol–water partition coefficient (Wildman–Crippen LogP) is 3.66. The fraction of sp³-hybridized carbons (Fsp3) is 0.125. The van der Waals surface area contributed by atoms with Crippen LogP contribution in [0.25, 0.3) is 0 Å². The van der Waals surface area contributed by atoms with Gasteiger partial charge in [0.05, 0.1) is 10.7 Å². The molecular weight excluding hydrogens is 386 g/mol. The highest BCUT2D eigenvalue weighted by Gasteiger charge is 2.10. The maximum Gasteiger partial charge on any atom is 0.344 e. The first-order valence-electron chi connectivity index (χ1n) is 6.63. The van der Waals surface area contributed by atoms with Gasteiger partial charge in [0.15, 0.2) is 13.2 Å². The Balaban J connectivity index is 1.75. The second-order valence-corrected chi connectivity index (χ2v) is 5.67. The molecule has 0 aliphatic heterocycles. The monoisotopic (exact) mass is 397 g/mol. The number of ether oxygens (including phenoxy) is 2. The van der Waals surface area contributed by atoms with Crippen LogP contribution in [0.2, 0.25) is 5.02 Å². The summed E-state index contributed by atoms with van der Waals surface area (Å²) in [5.41, 5.74) is 0.598. The summed E-state index contributed by atoms with van der Waals surface area (Å²) in [7, 11) is 0. The SMILES string of the molecule is O=C(COC(=O)COc1ccccc1Cl)Nc1ccccc1Br. The van der Waals surface area contributed by atoms with Gasteiger partial charge in [-0.15, -0.1) is 0 Å². The van der Waals surface area contributed by atoms with Crippen molar-refractivity contribution in [3.63, 3.8) is 0 Å². The van der Waals surface area contributed by atoms with Gasteiger partial charge in [-0.1, -0.05) is 35.9 Å². The molecule has 0 aliphatic carbocycles. The van der Waals surface area contributed by atoms with Gasteiger partial charge < -0.3 is 14.8 Å². The fourth-order valence-corrected chi connectivity index (χ4v) is 2.21. The summed E-state index contributed by atoms with van der Waals surface area (Å²) < 4.78 is 10.8. The highest BCUT2D eigenvalue weighted by molar-refractivity contribution is 9.10. The van der Waals surface area contributed by atoms with E-state index in [4.69, 9.17) is 21.1 Å². The molecule has 0 bridgehead atoms. The zero-order chi connectivity index (χ0) is 16.7. The number of hydrogen-bond acceptors (Lipinski definition) is 4. The summed E-state index contributed by atoms with van der Waals surface area (Å²) in [6.45, 7) is -0.724. The lowest BCUT2D eigenvalue weighted by Gasteiger charge is -2.09. The number of benzene rings is 2. The van der Waals surface area contributed by atoms with Crippen molar-refractivity contribution in [3.8, 4) is 5.75 Å². The van der Waals surface area contributed by atoms with Crippen LogP contribution in [0.1, 0.15) is 0 Å². The number of nitrogens with one attached hydrogen (secondary N) is 1. The summed E-state index contributed by atoms with van der Waals surface area (Å²) in [6.07, 6.45) is 0. The zero-order valence-corrected chi connectivity index (χ0v) is 14.3. The van der Waals surface area contributed by atoms with Crippen molar-refractivity contribution in [2.45, 2.75) is 0 Å². The van der Waals surface area contributed by atoms with Gasteiger partial charge in [0.1, 0.15) is 5.75 Å². The molecule has 0 heterocycles. The smallest absolute Gasteiger partial charge is 0.344 e. The molecule has 2 aromatic rings. The highest BCUT2D eigenvalue weighted by atomic mass is 79.9. The third kappa shape index (κ3) is 5.58. The van der Waals surface area contributed by atoms with Gasteiger partial charge in [0.25, 0.3) is 5.91 Å². The van der Waals surface area contributed by atoms with Crippen LogP contribution in [-0.4, -0.2) is 25.1 Å². The lowest BCUT2D eigenvalue weighted by molar-refractivity contribution is -0.149. The van der Waals surface area contributed by atoms with Crippen LogP contribution in [0, 0.1) is 0 Å². The van der Waals surface area contributed by atoms with Gasteiger partial charge >= 0.3 is 5.97 Å². The van der Waals surface area contributed by atoms with Crippen molar-refractivity contribution in [1.82, 2.24) is 0 Å². The normalized spacial score (nSPS) is 10.0. The van der Waals surface area contributed by atoms with Crippen LogP contribution in [0.4, 0.5) is 5.69 Å². The first-order valence-corrected chi connectivity index (χ1v) is 7.80. The minimum atomic E-state index is -0.660. The molecule has 7 heteroatoms. The third-order valence-electron chi connectivity index (χ3n) is 2.69. The van der Waals surface area contributed by atoms with Gasteiger partial charge in [-0.2, -0.15) is 0 Å². The van der Waals surface area contributed by atoms with E-state index in [0.717, 1.165) is 4.47 Å². The van der Waals surface area contributed by atoms with Crippen molar-refractivity contribution < 1.29 is 19.1 Å². The van der Waals surface area contributed by atoms with E-state index >= 15 is 0 Å². The average Bonchev–Trinajstić information content (AvgIpc) is 2.54. The summed E-state index contributed by atoms with van der Waals surface area (Å²) in [4.78, 5) is 23.3. The number of esters is 1. The molecule has 0 radical (unpaired) electrons. The largest absolute Gasteiger partial charge is 0.480 e. The first kappa shape index (κ1) is 17.3. The van der Waals surface area contributed by atoms with Crippen LogP contribution in [0.5, 0.6) is 5.75 Å². The lowest BCUT2D eigenvalue weighted by atomic mass is 10.3. The van der Waals surface area contributed by atoms with Crippen molar-refractivity contribution in [1.29, 1.82) is 0 Å². The molecule has 1 amide bonds. The van der Waals surface area contributed by atoms with Crippen LogP contribution in [0.3, 0.4) is 0 Å². The second kappa shape index (κ2) is 8.55. The molecule has 2 rings (SSSR count). The number of anilines is 1. The highest BCUT2D eigenvalue weighted by Crippen LogP contribution is 2.23. The third-order valence-corrected chi connectivity index (χ3v) is 3.70. The Bertz CT molecular complexity index is 708. The molecule has 1 N–H and O–H groups in total. The minimum absolute atomic E-state index is 0.327. The number of halogens is 2. The zero-order valence-electron chi connectivity index (χ0n) is 11.9. The molecule has 0 unspecified atom stereocenters. The first-order chi connectivity index (χ1) is 11.1. The maximum atomic E-state index is 11.7. The van der Waals surface area contributed by atoms with E-state index in [1.165, 1.54) is 0 Å². The van der Waals surface area contributed by atoms with Gasteiger partial charge in [-0.05, 0) is 40.2 Å². The molecule has 0 fully saturated rings. The minimum Gasteiger partial charge on any atom is -0.480 e. The van der Waals surface area contributed by atoms with Crippen molar-refractivity contribution >= 4 is 45.1 Å². The molecule has 5 nitrogen and oxygen atoms in total. The Hall–Kier alpha value is -2.05. The summed E-state index contributed by atoms with van der Waals surface area (Å²) in [6, 6.07) is 13.9. The Morgan fingerprint density at radius 1 is 1.04 bits per heavy atom. The predicted molar refractivity (Wildman–Crippen MR) is 90.7 cm³/mol. The topological polar surface area (TPSA) is 64.6 Å². The average molecular weight is 399 g/mol. The summed E-state index contributed by atoms with van der Waals surface area (Å²) >= 11 is 9.20. The van der Waals surface area contributed by atoms with Crippen molar-refractivity contribution in [2.75, 3.05) is 18.5 Å². The standard InChI is InChI=1S/C16H13BrClNO4/c17-11-5-1-3-7-13(11)19-15(20)9-23-16(21)10-22-14-8-4-2-6-12(14)18/h1-8H,9-10H2,(H,19,20). The molecule has 120 valence electrons. The molecular formula is C16H13BrClNO4. The summed E-state index contributed by atoms with van der Waals surface area (Å²) in [5, 5.41) is 3.02. The van der Waals surface area contributed by atoms with E-state index in [9.17, 15) is 9.59 Å². The van der Waals surface area contributed by atoms with Crippen molar-refractivity contribution in [2.24, 2.45) is 0 Å². The van der Waals surface area contributed by atoms with Crippen LogP contribution in [-0.2, 0) is 14.3 Å². The molecule has 0 saturated heterocycles. The number of rotatable bonds is 6. The van der Waals surface area contributed by atoms with Gasteiger partial charge in [0, 0.05) is 4.47 Å². The molecule has 23 heavy (non-hydrogen) atoms. The fourth-order valence-electron chi connectivity index (χ4n) is 1.64. The number of carbonyl (C=O) groups excluding carboxylic acids is 2. The number of para-hydroxylation sites is 2. The van der Waals surface area contributed by atoms with E-state index in [-0.39, 0.29) is 6.61 Å². The molecule has 0 aliphatic rings. The lowest BCUT2D eigenvalue weighted by Crippen LogP contribution is -2.23. The molecule has 0 aromatic heterocycles. The van der Waals surface area contributed by atoms with E-state index < -0.39 is 18.5 Å². The summed E-state index contributed by atoms with van der Waals surface area (Å²) in [5.74, 6) is -0.723. The van der Waals surface area contributed by atoms with Crippen LogP contribution in [0.15, 0.2) is 53.0 Å². The van der Waals surface area contributed by atoms with Gasteiger partial charge in [0.2, 0.25) is 0 Å². The number of amides is 1. The van der Waals surface area contributed by atoms with E-state index in [2.05, 4.69) is 21.2 Å². The van der Waals surface area contributed by atoms with Crippen LogP contribution < -0.4 is 10.1 Å². The van der Waals surface area contributed by atoms with Gasteiger partial charge in [-0.25, -0.2) is 4.79 Å². The Labute approximate surface area is 146 Å². The molecule has 0 spiro atoms.